The van der Waals surface area contributed by atoms with Crippen molar-refractivity contribution >= 4 is 33.2 Å². The third kappa shape index (κ3) is 2.65. The number of thiazole rings is 1. The Hall–Kier alpha value is -3.06. The normalized spacial score (nSPS) is 11.0. The Bertz CT molecular complexity index is 1120. The van der Waals surface area contributed by atoms with E-state index >= 15 is 0 Å². The van der Waals surface area contributed by atoms with Gasteiger partial charge in [-0.05, 0) is 12.1 Å². The highest BCUT2D eigenvalue weighted by molar-refractivity contribution is 7.15. The first-order chi connectivity index (χ1) is 11.7. The first-order valence-corrected chi connectivity index (χ1v) is 8.07. The molecule has 7 heteroatoms. The second-order valence-corrected chi connectivity index (χ2v) is 5.98. The van der Waals surface area contributed by atoms with E-state index in [1.807, 2.05) is 30.3 Å². The molecule has 24 heavy (non-hydrogen) atoms. The number of fused-ring (bicyclic) bond motifs is 2. The van der Waals surface area contributed by atoms with E-state index in [2.05, 4.69) is 9.97 Å². The van der Waals surface area contributed by atoms with Gasteiger partial charge in [-0.3, -0.25) is 9.20 Å². The van der Waals surface area contributed by atoms with Gasteiger partial charge in [-0.15, -0.1) is 11.3 Å². The average Bonchev–Trinajstić information content (AvgIpc) is 3.08. The minimum atomic E-state index is -0.547. The first-order valence-electron chi connectivity index (χ1n) is 7.19. The Labute approximate surface area is 140 Å². The first kappa shape index (κ1) is 14.5. The molecular weight excluding hydrogens is 326 g/mol. The number of ether oxygens (including phenoxy) is 1. The fourth-order valence-corrected chi connectivity index (χ4v) is 3.09. The summed E-state index contributed by atoms with van der Waals surface area (Å²) < 4.78 is 6.68. The van der Waals surface area contributed by atoms with Gasteiger partial charge >= 0.3 is 5.97 Å². The van der Waals surface area contributed by atoms with Crippen LogP contribution in [-0.4, -0.2) is 20.3 Å². The van der Waals surface area contributed by atoms with Crippen molar-refractivity contribution in [1.82, 2.24) is 14.4 Å². The largest absolute Gasteiger partial charge is 0.454 e. The minimum absolute atomic E-state index is 0.0724. The van der Waals surface area contributed by atoms with Gasteiger partial charge in [0, 0.05) is 23.0 Å². The van der Waals surface area contributed by atoms with Gasteiger partial charge in [0.05, 0.1) is 11.2 Å². The molecule has 4 rings (SSSR count). The number of para-hydroxylation sites is 1. The predicted molar refractivity (Wildman–Crippen MR) is 90.2 cm³/mol. The number of carbonyl (C=O) groups excluding carboxylic acids is 1. The molecule has 0 atom stereocenters. The zero-order valence-electron chi connectivity index (χ0n) is 12.4. The standard InChI is InChI=1S/C17H11N3O3S/c21-15-9-12(18-17-20(15)7-8-24-17)10-23-16(22)14-6-5-11-3-1-2-4-13(11)19-14/h1-9H,10H2. The van der Waals surface area contributed by atoms with Crippen LogP contribution in [0.4, 0.5) is 0 Å². The molecule has 1 aromatic carbocycles. The molecule has 0 radical (unpaired) electrons. The van der Waals surface area contributed by atoms with E-state index in [0.717, 1.165) is 10.9 Å². The molecule has 0 aliphatic heterocycles. The zero-order chi connectivity index (χ0) is 16.5. The monoisotopic (exact) mass is 337 g/mol. The number of carbonyl (C=O) groups is 1. The van der Waals surface area contributed by atoms with Crippen molar-refractivity contribution in [3.05, 3.63) is 75.8 Å². The van der Waals surface area contributed by atoms with Crippen molar-refractivity contribution in [3.8, 4) is 0 Å². The van der Waals surface area contributed by atoms with Crippen LogP contribution in [0.25, 0.3) is 15.9 Å². The summed E-state index contributed by atoms with van der Waals surface area (Å²) in [6, 6.07) is 12.3. The third-order valence-corrected chi connectivity index (χ3v) is 4.27. The molecule has 0 fully saturated rings. The Balaban J connectivity index is 1.55. The maximum absolute atomic E-state index is 12.2. The molecule has 3 heterocycles. The quantitative estimate of drug-likeness (QED) is 0.537. The molecule has 0 bridgehead atoms. The van der Waals surface area contributed by atoms with Gasteiger partial charge in [0.25, 0.3) is 5.56 Å². The van der Waals surface area contributed by atoms with Crippen LogP contribution in [0, 0.1) is 0 Å². The van der Waals surface area contributed by atoms with Crippen LogP contribution < -0.4 is 5.56 Å². The van der Waals surface area contributed by atoms with Crippen molar-refractivity contribution in [2.24, 2.45) is 0 Å². The predicted octanol–water partition coefficient (Wildman–Crippen LogP) is 2.66. The van der Waals surface area contributed by atoms with Crippen molar-refractivity contribution in [3.63, 3.8) is 0 Å². The molecule has 0 aliphatic carbocycles. The lowest BCUT2D eigenvalue weighted by atomic mass is 10.2. The second kappa shape index (κ2) is 5.86. The molecule has 0 saturated heterocycles. The van der Waals surface area contributed by atoms with E-state index in [1.165, 1.54) is 21.8 Å². The summed E-state index contributed by atoms with van der Waals surface area (Å²) in [5.41, 5.74) is 1.17. The van der Waals surface area contributed by atoms with Gasteiger partial charge in [-0.25, -0.2) is 14.8 Å². The Kier molecular flexibility index (Phi) is 3.55. The van der Waals surface area contributed by atoms with Gasteiger partial charge in [0.2, 0.25) is 0 Å². The molecule has 0 aliphatic rings. The summed E-state index contributed by atoms with van der Waals surface area (Å²) in [5, 5.41) is 2.73. The van der Waals surface area contributed by atoms with Crippen LogP contribution in [0.2, 0.25) is 0 Å². The van der Waals surface area contributed by atoms with E-state index in [4.69, 9.17) is 4.74 Å². The molecule has 0 unspecified atom stereocenters. The maximum atomic E-state index is 12.2. The maximum Gasteiger partial charge on any atom is 0.357 e. The molecule has 118 valence electrons. The lowest BCUT2D eigenvalue weighted by Gasteiger charge is -2.05. The Morgan fingerprint density at radius 2 is 2.04 bits per heavy atom. The van der Waals surface area contributed by atoms with Crippen LogP contribution in [0.5, 0.6) is 0 Å². The van der Waals surface area contributed by atoms with E-state index in [0.29, 0.717) is 10.7 Å². The van der Waals surface area contributed by atoms with Gasteiger partial charge in [0.15, 0.2) is 4.96 Å². The molecule has 0 N–H and O–H groups in total. The topological polar surface area (TPSA) is 73.6 Å². The van der Waals surface area contributed by atoms with Crippen LogP contribution >= 0.6 is 11.3 Å². The molecule has 4 aromatic rings. The van der Waals surface area contributed by atoms with Crippen molar-refractivity contribution < 1.29 is 9.53 Å². The minimum Gasteiger partial charge on any atom is -0.454 e. The highest BCUT2D eigenvalue weighted by atomic mass is 32.1. The number of rotatable bonds is 3. The Morgan fingerprint density at radius 1 is 1.17 bits per heavy atom. The molecular formula is C17H11N3O3S. The SMILES string of the molecule is O=C(OCc1cc(=O)n2ccsc2n1)c1ccc2ccccc2n1. The molecule has 3 aromatic heterocycles. The highest BCUT2D eigenvalue weighted by Gasteiger charge is 2.11. The van der Waals surface area contributed by atoms with Crippen molar-refractivity contribution in [2.75, 3.05) is 0 Å². The number of aromatic nitrogens is 3. The molecule has 6 nitrogen and oxygen atoms in total. The summed E-state index contributed by atoms with van der Waals surface area (Å²) in [4.78, 5) is 33.2. The molecule has 0 amide bonds. The lowest BCUT2D eigenvalue weighted by molar-refractivity contribution is 0.0461. The lowest BCUT2D eigenvalue weighted by Crippen LogP contribution is -2.15. The highest BCUT2D eigenvalue weighted by Crippen LogP contribution is 2.13. The second-order valence-electron chi connectivity index (χ2n) is 5.11. The fourth-order valence-electron chi connectivity index (χ4n) is 2.35. The average molecular weight is 337 g/mol. The number of esters is 1. The summed E-state index contributed by atoms with van der Waals surface area (Å²) in [6.07, 6.45) is 1.66. The third-order valence-electron chi connectivity index (χ3n) is 3.51. The summed E-state index contributed by atoms with van der Waals surface area (Å²) in [5.74, 6) is -0.547. The fraction of sp³-hybridized carbons (Fsp3) is 0.0588. The number of hydrogen-bond acceptors (Lipinski definition) is 6. The smallest absolute Gasteiger partial charge is 0.357 e. The van der Waals surface area contributed by atoms with Gasteiger partial charge < -0.3 is 4.74 Å². The summed E-state index contributed by atoms with van der Waals surface area (Å²) >= 11 is 1.35. The van der Waals surface area contributed by atoms with E-state index in [-0.39, 0.29) is 17.9 Å². The van der Waals surface area contributed by atoms with Crippen LogP contribution in [0.15, 0.2) is 58.8 Å². The van der Waals surface area contributed by atoms with Crippen LogP contribution in [-0.2, 0) is 11.3 Å². The Morgan fingerprint density at radius 3 is 2.96 bits per heavy atom. The molecule has 0 saturated carbocycles. The molecule has 0 spiro atoms. The van der Waals surface area contributed by atoms with Crippen molar-refractivity contribution in [1.29, 1.82) is 0 Å². The van der Waals surface area contributed by atoms with Crippen LogP contribution in [0.1, 0.15) is 16.2 Å². The summed E-state index contributed by atoms with van der Waals surface area (Å²) in [6.45, 7) is -0.0724. The van der Waals surface area contributed by atoms with Gasteiger partial charge in [0.1, 0.15) is 12.3 Å². The van der Waals surface area contributed by atoms with E-state index in [1.54, 1.807) is 17.6 Å². The van der Waals surface area contributed by atoms with Gasteiger partial charge in [-0.2, -0.15) is 0 Å². The van der Waals surface area contributed by atoms with Crippen molar-refractivity contribution in [2.45, 2.75) is 6.61 Å². The number of nitrogens with zero attached hydrogens (tertiary/aromatic N) is 3. The van der Waals surface area contributed by atoms with Gasteiger partial charge in [-0.1, -0.05) is 24.3 Å². The number of pyridine rings is 1. The number of benzene rings is 1. The van der Waals surface area contributed by atoms with E-state index < -0.39 is 5.97 Å². The zero-order valence-corrected chi connectivity index (χ0v) is 13.2. The van der Waals surface area contributed by atoms with Crippen LogP contribution in [0.3, 0.4) is 0 Å². The number of hydrogen-bond donors (Lipinski definition) is 0. The summed E-state index contributed by atoms with van der Waals surface area (Å²) in [7, 11) is 0. The van der Waals surface area contributed by atoms with E-state index in [9.17, 15) is 9.59 Å².